The molecule has 0 aliphatic heterocycles. The number of nitrogens with one attached hydrogen (secondary N) is 1. The van der Waals surface area contributed by atoms with Crippen LogP contribution in [0.1, 0.15) is 44.2 Å². The molecule has 0 aromatic heterocycles. The van der Waals surface area contributed by atoms with Crippen LogP contribution in [0.15, 0.2) is 48.5 Å². The lowest BCUT2D eigenvalue weighted by atomic mass is 10.1. The molecule has 0 fully saturated rings. The van der Waals surface area contributed by atoms with Gasteiger partial charge in [0, 0.05) is 27.2 Å². The molecular formula is C26H37FN4O4S. The Morgan fingerprint density at radius 1 is 1.06 bits per heavy atom. The zero-order chi connectivity index (χ0) is 26.9. The van der Waals surface area contributed by atoms with E-state index in [1.54, 1.807) is 0 Å². The first-order valence-electron chi connectivity index (χ1n) is 12.1. The molecule has 0 unspecified atom stereocenters. The van der Waals surface area contributed by atoms with Crippen molar-refractivity contribution in [1.29, 1.82) is 0 Å². The van der Waals surface area contributed by atoms with E-state index >= 15 is 0 Å². The molecule has 2 aromatic carbocycles. The fraction of sp³-hybridized carbons (Fsp3) is 0.462. The Morgan fingerprint density at radius 2 is 1.72 bits per heavy atom. The Labute approximate surface area is 214 Å². The molecule has 10 heteroatoms. The number of halogens is 1. The maximum absolute atomic E-state index is 13.7. The number of carbonyl (C=O) groups is 2. The monoisotopic (exact) mass is 520 g/mol. The number of rotatable bonds is 13. The van der Waals surface area contributed by atoms with Crippen molar-refractivity contribution in [2.24, 2.45) is 0 Å². The molecule has 2 rings (SSSR count). The molecular weight excluding hydrogens is 483 g/mol. The quantitative estimate of drug-likeness (QED) is 0.410. The lowest BCUT2D eigenvalue weighted by molar-refractivity contribution is -0.140. The predicted octanol–water partition coefficient (Wildman–Crippen LogP) is 3.47. The zero-order valence-corrected chi connectivity index (χ0v) is 22.5. The second kappa shape index (κ2) is 13.4. The van der Waals surface area contributed by atoms with Crippen LogP contribution >= 0.6 is 0 Å². The summed E-state index contributed by atoms with van der Waals surface area (Å²) in [5.74, 6) is -1.34. The van der Waals surface area contributed by atoms with Crippen LogP contribution in [0, 0.1) is 12.7 Å². The predicted molar refractivity (Wildman–Crippen MR) is 140 cm³/mol. The van der Waals surface area contributed by atoms with Crippen LogP contribution in [0.3, 0.4) is 0 Å². The lowest BCUT2D eigenvalue weighted by Gasteiger charge is -2.34. The normalized spacial score (nSPS) is 12.3. The van der Waals surface area contributed by atoms with Gasteiger partial charge in [-0.05, 0) is 49.6 Å². The number of benzene rings is 2. The minimum atomic E-state index is -4.09. The van der Waals surface area contributed by atoms with E-state index in [9.17, 15) is 22.4 Å². The minimum Gasteiger partial charge on any atom is -0.354 e. The summed E-state index contributed by atoms with van der Waals surface area (Å²) in [6.45, 7) is 5.86. The number of nitrogens with zero attached hydrogens (tertiary/aromatic N) is 3. The molecule has 8 nitrogen and oxygen atoms in total. The number of hydrogen-bond donors (Lipinski definition) is 1. The van der Waals surface area contributed by atoms with Gasteiger partial charge in [0.25, 0.3) is 0 Å². The van der Waals surface area contributed by atoms with Gasteiger partial charge in [-0.3, -0.25) is 9.59 Å². The van der Waals surface area contributed by atoms with Crippen molar-refractivity contribution in [2.75, 3.05) is 31.5 Å². The van der Waals surface area contributed by atoms with E-state index in [1.165, 1.54) is 31.1 Å². The average molecular weight is 521 g/mol. The fourth-order valence-electron chi connectivity index (χ4n) is 3.76. The van der Waals surface area contributed by atoms with Gasteiger partial charge in [-0.1, -0.05) is 50.1 Å². The van der Waals surface area contributed by atoms with Crippen molar-refractivity contribution < 1.29 is 22.4 Å². The van der Waals surface area contributed by atoms with Gasteiger partial charge in [0.15, 0.2) is 0 Å². The molecule has 0 radical (unpaired) electrons. The van der Waals surface area contributed by atoms with Gasteiger partial charge in [0.1, 0.15) is 18.4 Å². The number of aryl methyl sites for hydroxylation is 1. The Morgan fingerprint density at radius 3 is 2.28 bits per heavy atom. The van der Waals surface area contributed by atoms with Crippen LogP contribution in [0.4, 0.5) is 10.1 Å². The lowest BCUT2D eigenvalue weighted by Crippen LogP contribution is -2.53. The van der Waals surface area contributed by atoms with Gasteiger partial charge in [0.2, 0.25) is 11.8 Å². The summed E-state index contributed by atoms with van der Waals surface area (Å²) >= 11 is 0. The molecule has 198 valence electrons. The first-order chi connectivity index (χ1) is 17.0. The number of carbonyl (C=O) groups excluding carboxylic acids is 2. The number of hydrogen-bond acceptors (Lipinski definition) is 4. The highest BCUT2D eigenvalue weighted by atomic mass is 32.2. The van der Waals surface area contributed by atoms with E-state index in [0.717, 1.165) is 44.7 Å². The molecule has 1 atom stereocenters. The summed E-state index contributed by atoms with van der Waals surface area (Å²) in [5, 5.41) is 2.89. The minimum absolute atomic E-state index is 0.138. The Balaban J connectivity index is 2.46. The largest absolute Gasteiger partial charge is 0.354 e. The van der Waals surface area contributed by atoms with Gasteiger partial charge < -0.3 is 10.2 Å². The van der Waals surface area contributed by atoms with E-state index in [1.807, 2.05) is 45.0 Å². The van der Waals surface area contributed by atoms with E-state index < -0.39 is 34.5 Å². The summed E-state index contributed by atoms with van der Waals surface area (Å²) in [6.07, 6.45) is 2.08. The second-order valence-corrected chi connectivity index (χ2v) is 10.9. The number of unbranched alkanes of at least 4 members (excludes halogenated alkanes) is 1. The Kier molecular flexibility index (Phi) is 10.9. The van der Waals surface area contributed by atoms with Crippen molar-refractivity contribution in [1.82, 2.24) is 14.5 Å². The van der Waals surface area contributed by atoms with Crippen molar-refractivity contribution in [3.63, 3.8) is 0 Å². The highest BCUT2D eigenvalue weighted by molar-refractivity contribution is 7.90. The summed E-state index contributed by atoms with van der Waals surface area (Å²) in [4.78, 5) is 28.2. The van der Waals surface area contributed by atoms with Crippen LogP contribution in [0.25, 0.3) is 0 Å². The third-order valence-electron chi connectivity index (χ3n) is 5.78. The summed E-state index contributed by atoms with van der Waals surface area (Å²) in [5.41, 5.74) is 1.98. The molecule has 0 saturated heterocycles. The molecule has 0 saturated carbocycles. The van der Waals surface area contributed by atoms with Crippen molar-refractivity contribution in [3.8, 4) is 0 Å². The molecule has 0 aliphatic rings. The van der Waals surface area contributed by atoms with Gasteiger partial charge in [-0.2, -0.15) is 12.7 Å². The van der Waals surface area contributed by atoms with Crippen LogP contribution in [-0.2, 0) is 26.3 Å². The van der Waals surface area contributed by atoms with Crippen molar-refractivity contribution in [2.45, 2.75) is 52.6 Å². The molecule has 36 heavy (non-hydrogen) atoms. The molecule has 1 N–H and O–H groups in total. The third-order valence-corrected chi connectivity index (χ3v) is 7.60. The van der Waals surface area contributed by atoms with Crippen LogP contribution in [0.2, 0.25) is 0 Å². The topological polar surface area (TPSA) is 90.0 Å². The van der Waals surface area contributed by atoms with Gasteiger partial charge in [-0.15, -0.1) is 0 Å². The molecule has 0 heterocycles. The van der Waals surface area contributed by atoms with Crippen molar-refractivity contribution in [3.05, 3.63) is 65.5 Å². The summed E-state index contributed by atoms with van der Waals surface area (Å²) < 4.78 is 41.7. The highest BCUT2D eigenvalue weighted by Crippen LogP contribution is 2.22. The standard InChI is InChI=1S/C26H37FN4O4S/c1-6-8-16-28-26(33)24(7-2)30(18-21-11-9-10-20(3)17-21)25(32)19-31(36(34,35)29(4)5)23-14-12-22(27)13-15-23/h9-15,17,24H,6-8,16,18-19H2,1-5H3,(H,28,33)/t24-/m0/s1. The van der Waals surface area contributed by atoms with Crippen molar-refractivity contribution >= 4 is 27.7 Å². The summed E-state index contributed by atoms with van der Waals surface area (Å²) in [7, 11) is -1.37. The van der Waals surface area contributed by atoms with Gasteiger partial charge >= 0.3 is 10.2 Å². The van der Waals surface area contributed by atoms with Gasteiger partial charge in [-0.25, -0.2) is 8.70 Å². The zero-order valence-electron chi connectivity index (χ0n) is 21.7. The average Bonchev–Trinajstić information content (AvgIpc) is 2.83. The maximum atomic E-state index is 13.7. The van der Waals surface area contributed by atoms with Crippen LogP contribution < -0.4 is 9.62 Å². The van der Waals surface area contributed by atoms with Crippen LogP contribution in [-0.4, -0.2) is 62.7 Å². The molecule has 2 aromatic rings. The molecule has 0 bridgehead atoms. The Bertz CT molecular complexity index is 1120. The van der Waals surface area contributed by atoms with E-state index in [-0.39, 0.29) is 18.1 Å². The first kappa shape index (κ1) is 29.3. The highest BCUT2D eigenvalue weighted by Gasteiger charge is 2.33. The second-order valence-electron chi connectivity index (χ2n) is 8.85. The van der Waals surface area contributed by atoms with E-state index in [0.29, 0.717) is 13.0 Å². The fourth-order valence-corrected chi connectivity index (χ4v) is 4.81. The van der Waals surface area contributed by atoms with Gasteiger partial charge in [0.05, 0.1) is 5.69 Å². The molecule has 2 amide bonds. The maximum Gasteiger partial charge on any atom is 0.304 e. The first-order valence-corrected chi connectivity index (χ1v) is 13.5. The Hall–Kier alpha value is -2.98. The summed E-state index contributed by atoms with van der Waals surface area (Å²) in [6, 6.07) is 11.7. The molecule has 0 spiro atoms. The third kappa shape index (κ3) is 7.76. The number of anilines is 1. The van der Waals surface area contributed by atoms with Crippen LogP contribution in [0.5, 0.6) is 0 Å². The smallest absolute Gasteiger partial charge is 0.304 e. The molecule has 0 aliphatic carbocycles. The SMILES string of the molecule is CCCCNC(=O)[C@H](CC)N(Cc1cccc(C)c1)C(=O)CN(c1ccc(F)cc1)S(=O)(=O)N(C)C. The number of amides is 2. The van der Waals surface area contributed by atoms with E-state index in [2.05, 4.69) is 5.32 Å². The van der Waals surface area contributed by atoms with E-state index in [4.69, 9.17) is 0 Å².